The van der Waals surface area contributed by atoms with Gasteiger partial charge in [0.15, 0.2) is 0 Å². The summed E-state index contributed by atoms with van der Waals surface area (Å²) in [6.45, 7) is 3.14. The summed E-state index contributed by atoms with van der Waals surface area (Å²) in [5, 5.41) is 9.76. The molecule has 1 amide bonds. The number of benzene rings is 1. The minimum Gasteiger partial charge on any atom is -0.394 e. The van der Waals surface area contributed by atoms with Gasteiger partial charge in [-0.3, -0.25) is 9.69 Å². The summed E-state index contributed by atoms with van der Waals surface area (Å²) in [6.07, 6.45) is 4.44. The number of carbonyl (C=O) groups excluding carboxylic acids is 1. The van der Waals surface area contributed by atoms with Crippen molar-refractivity contribution in [1.29, 1.82) is 0 Å². The molecule has 2 heterocycles. The van der Waals surface area contributed by atoms with Crippen LogP contribution in [0.4, 0.5) is 0 Å². The lowest BCUT2D eigenvalue weighted by molar-refractivity contribution is -0.134. The van der Waals surface area contributed by atoms with Crippen molar-refractivity contribution in [3.8, 4) is 0 Å². The molecule has 1 N–H and O–H groups in total. The molecular formula is C17H24N2O2. The maximum absolute atomic E-state index is 12.4. The Morgan fingerprint density at radius 3 is 2.67 bits per heavy atom. The molecule has 1 aromatic carbocycles. The quantitative estimate of drug-likeness (QED) is 0.918. The number of piperidine rings is 1. The van der Waals surface area contributed by atoms with Crippen LogP contribution in [-0.4, -0.2) is 53.6 Å². The molecule has 3 rings (SSSR count). The maximum atomic E-state index is 12.4. The van der Waals surface area contributed by atoms with Crippen LogP contribution < -0.4 is 0 Å². The van der Waals surface area contributed by atoms with Crippen LogP contribution in [0.3, 0.4) is 0 Å². The monoisotopic (exact) mass is 288 g/mol. The minimum atomic E-state index is -0.0382. The number of amides is 1. The first-order valence-corrected chi connectivity index (χ1v) is 8.00. The Morgan fingerprint density at radius 1 is 1.14 bits per heavy atom. The van der Waals surface area contributed by atoms with E-state index in [4.69, 9.17) is 0 Å². The van der Waals surface area contributed by atoms with Gasteiger partial charge in [-0.05, 0) is 36.8 Å². The summed E-state index contributed by atoms with van der Waals surface area (Å²) >= 11 is 0. The number of aliphatic hydroxyl groups excluding tert-OH is 1. The van der Waals surface area contributed by atoms with Gasteiger partial charge < -0.3 is 10.0 Å². The standard InChI is InChI=1S/C17H24N2O2/c20-13-16-15-7-3-2-6-14(15)8-11-19(16)12-17(21)18-9-4-1-5-10-18/h2-3,6-7,16,20H,1,4-5,8-13H2. The largest absolute Gasteiger partial charge is 0.394 e. The number of likely N-dealkylation sites (tertiary alicyclic amines) is 1. The van der Waals surface area contributed by atoms with Crippen LogP contribution in [0.15, 0.2) is 24.3 Å². The first kappa shape index (κ1) is 14.5. The lowest BCUT2D eigenvalue weighted by Crippen LogP contribution is -2.46. The van der Waals surface area contributed by atoms with Gasteiger partial charge in [-0.2, -0.15) is 0 Å². The Labute approximate surface area is 126 Å². The molecule has 0 saturated carbocycles. The number of rotatable bonds is 3. The zero-order valence-electron chi connectivity index (χ0n) is 12.5. The smallest absolute Gasteiger partial charge is 0.236 e. The zero-order chi connectivity index (χ0) is 14.7. The fraction of sp³-hybridized carbons (Fsp3) is 0.588. The maximum Gasteiger partial charge on any atom is 0.236 e. The van der Waals surface area contributed by atoms with E-state index in [0.717, 1.165) is 38.9 Å². The Balaban J connectivity index is 1.69. The zero-order valence-corrected chi connectivity index (χ0v) is 12.5. The predicted molar refractivity (Wildman–Crippen MR) is 82.0 cm³/mol. The Hall–Kier alpha value is -1.39. The van der Waals surface area contributed by atoms with Gasteiger partial charge in [-0.1, -0.05) is 24.3 Å². The van der Waals surface area contributed by atoms with E-state index in [1.165, 1.54) is 17.5 Å². The second kappa shape index (κ2) is 6.58. The van der Waals surface area contributed by atoms with Gasteiger partial charge >= 0.3 is 0 Å². The summed E-state index contributed by atoms with van der Waals surface area (Å²) in [7, 11) is 0. The predicted octanol–water partition coefficient (Wildman–Crippen LogP) is 1.59. The normalized spacial score (nSPS) is 22.9. The second-order valence-corrected chi connectivity index (χ2v) is 6.06. The summed E-state index contributed by atoms with van der Waals surface area (Å²) in [6, 6.07) is 8.22. The third kappa shape index (κ3) is 3.11. The summed E-state index contributed by atoms with van der Waals surface area (Å²) < 4.78 is 0. The van der Waals surface area contributed by atoms with E-state index < -0.39 is 0 Å². The van der Waals surface area contributed by atoms with Gasteiger partial charge in [0, 0.05) is 19.6 Å². The fourth-order valence-corrected chi connectivity index (χ4v) is 3.52. The first-order chi connectivity index (χ1) is 10.3. The molecule has 0 spiro atoms. The van der Waals surface area contributed by atoms with Crippen molar-refractivity contribution in [1.82, 2.24) is 9.80 Å². The van der Waals surface area contributed by atoms with Crippen molar-refractivity contribution >= 4 is 5.91 Å². The van der Waals surface area contributed by atoms with Crippen molar-refractivity contribution in [2.45, 2.75) is 31.7 Å². The molecule has 1 aromatic rings. The molecule has 4 heteroatoms. The van der Waals surface area contributed by atoms with Gasteiger partial charge in [0.25, 0.3) is 0 Å². The number of hydrogen-bond acceptors (Lipinski definition) is 3. The van der Waals surface area contributed by atoms with Gasteiger partial charge in [0.1, 0.15) is 0 Å². The van der Waals surface area contributed by atoms with Crippen molar-refractivity contribution in [3.05, 3.63) is 35.4 Å². The van der Waals surface area contributed by atoms with Crippen molar-refractivity contribution in [3.63, 3.8) is 0 Å². The molecule has 0 aromatic heterocycles. The van der Waals surface area contributed by atoms with Crippen LogP contribution in [0.25, 0.3) is 0 Å². The molecule has 0 aliphatic carbocycles. The van der Waals surface area contributed by atoms with Gasteiger partial charge in [-0.25, -0.2) is 0 Å². The average molecular weight is 288 g/mol. The molecule has 0 radical (unpaired) electrons. The average Bonchev–Trinajstić information content (AvgIpc) is 2.55. The van der Waals surface area contributed by atoms with E-state index in [-0.39, 0.29) is 18.6 Å². The van der Waals surface area contributed by atoms with E-state index in [1.54, 1.807) is 0 Å². The molecule has 2 aliphatic rings. The Kier molecular flexibility index (Phi) is 4.56. The van der Waals surface area contributed by atoms with Crippen LogP contribution in [0.1, 0.15) is 36.4 Å². The molecule has 2 aliphatic heterocycles. The third-order valence-electron chi connectivity index (χ3n) is 4.74. The van der Waals surface area contributed by atoms with E-state index in [9.17, 15) is 9.90 Å². The van der Waals surface area contributed by atoms with Gasteiger partial charge in [0.05, 0.1) is 19.2 Å². The molecule has 21 heavy (non-hydrogen) atoms. The van der Waals surface area contributed by atoms with Crippen LogP contribution in [-0.2, 0) is 11.2 Å². The topological polar surface area (TPSA) is 43.8 Å². The molecule has 0 bridgehead atoms. The highest BCUT2D eigenvalue weighted by Crippen LogP contribution is 2.29. The minimum absolute atomic E-state index is 0.0382. The molecule has 1 fully saturated rings. The van der Waals surface area contributed by atoms with E-state index in [1.807, 2.05) is 17.0 Å². The van der Waals surface area contributed by atoms with E-state index in [2.05, 4.69) is 17.0 Å². The number of carbonyl (C=O) groups is 1. The highest BCUT2D eigenvalue weighted by Gasteiger charge is 2.29. The molecular weight excluding hydrogens is 264 g/mol. The summed E-state index contributed by atoms with van der Waals surface area (Å²) in [5.41, 5.74) is 2.48. The Bertz CT molecular complexity index is 497. The Morgan fingerprint density at radius 2 is 1.90 bits per heavy atom. The highest BCUT2D eigenvalue weighted by molar-refractivity contribution is 5.78. The van der Waals surface area contributed by atoms with Gasteiger partial charge in [-0.15, -0.1) is 0 Å². The first-order valence-electron chi connectivity index (χ1n) is 8.00. The number of aliphatic hydroxyl groups is 1. The lowest BCUT2D eigenvalue weighted by atomic mass is 9.93. The van der Waals surface area contributed by atoms with Crippen LogP contribution in [0, 0.1) is 0 Å². The van der Waals surface area contributed by atoms with Crippen molar-refractivity contribution in [2.75, 3.05) is 32.8 Å². The van der Waals surface area contributed by atoms with E-state index in [0.29, 0.717) is 6.54 Å². The van der Waals surface area contributed by atoms with Crippen LogP contribution in [0.2, 0.25) is 0 Å². The van der Waals surface area contributed by atoms with Crippen LogP contribution >= 0.6 is 0 Å². The molecule has 1 saturated heterocycles. The molecule has 1 unspecified atom stereocenters. The fourth-order valence-electron chi connectivity index (χ4n) is 3.52. The van der Waals surface area contributed by atoms with E-state index >= 15 is 0 Å². The van der Waals surface area contributed by atoms with Gasteiger partial charge in [0.2, 0.25) is 5.91 Å². The number of nitrogens with zero attached hydrogens (tertiary/aromatic N) is 2. The number of fused-ring (bicyclic) bond motifs is 1. The number of hydrogen-bond donors (Lipinski definition) is 1. The van der Waals surface area contributed by atoms with Crippen molar-refractivity contribution < 1.29 is 9.90 Å². The lowest BCUT2D eigenvalue weighted by Gasteiger charge is -2.37. The molecule has 4 nitrogen and oxygen atoms in total. The van der Waals surface area contributed by atoms with Crippen LogP contribution in [0.5, 0.6) is 0 Å². The SMILES string of the molecule is O=C(CN1CCc2ccccc2C1CO)N1CCCCC1. The second-order valence-electron chi connectivity index (χ2n) is 6.06. The summed E-state index contributed by atoms with van der Waals surface area (Å²) in [5.74, 6) is 0.215. The highest BCUT2D eigenvalue weighted by atomic mass is 16.3. The molecule has 1 atom stereocenters. The summed E-state index contributed by atoms with van der Waals surface area (Å²) in [4.78, 5) is 16.6. The molecule has 114 valence electrons. The van der Waals surface area contributed by atoms with Crippen molar-refractivity contribution in [2.24, 2.45) is 0 Å². The third-order valence-corrected chi connectivity index (χ3v) is 4.74.